The SMILES string of the molecule is CCOC1CC(Nc2ccc(C(N)=S)cc2Br)C1(C)C. The van der Waals surface area contributed by atoms with Gasteiger partial charge in [0.05, 0.1) is 6.10 Å². The summed E-state index contributed by atoms with van der Waals surface area (Å²) >= 11 is 8.56. The van der Waals surface area contributed by atoms with Gasteiger partial charge in [-0.2, -0.15) is 0 Å². The first-order valence-corrected chi connectivity index (χ1v) is 8.04. The molecular weight excluding hydrogens is 336 g/mol. The molecule has 0 bridgehead atoms. The van der Waals surface area contributed by atoms with Gasteiger partial charge in [0.1, 0.15) is 4.99 Å². The predicted octanol–water partition coefficient (Wildman–Crippen LogP) is 3.70. The standard InChI is InChI=1S/C15H21BrN2OS/c1-4-19-13-8-12(15(13,2)3)18-11-6-5-9(14(17)20)7-10(11)16/h5-7,12-13,18H,4,8H2,1-3H3,(H2,17,20). The molecule has 0 heterocycles. The molecule has 1 fully saturated rings. The zero-order valence-electron chi connectivity index (χ0n) is 12.1. The number of nitrogens with one attached hydrogen (secondary N) is 1. The molecule has 2 unspecified atom stereocenters. The van der Waals surface area contributed by atoms with Gasteiger partial charge in [-0.3, -0.25) is 0 Å². The third kappa shape index (κ3) is 3.00. The van der Waals surface area contributed by atoms with Gasteiger partial charge >= 0.3 is 0 Å². The highest BCUT2D eigenvalue weighted by molar-refractivity contribution is 9.10. The summed E-state index contributed by atoms with van der Waals surface area (Å²) in [6, 6.07) is 6.33. The van der Waals surface area contributed by atoms with Crippen LogP contribution in [-0.2, 0) is 4.74 Å². The Balaban J connectivity index is 2.07. The second-order valence-corrected chi connectivity index (χ2v) is 7.05. The van der Waals surface area contributed by atoms with Crippen LogP contribution in [0.3, 0.4) is 0 Å². The Hall–Kier alpha value is -0.650. The van der Waals surface area contributed by atoms with E-state index in [2.05, 4.69) is 35.1 Å². The fraction of sp³-hybridized carbons (Fsp3) is 0.533. The summed E-state index contributed by atoms with van der Waals surface area (Å²) in [7, 11) is 0. The average Bonchev–Trinajstić information content (AvgIpc) is 2.39. The maximum Gasteiger partial charge on any atom is 0.104 e. The van der Waals surface area contributed by atoms with E-state index in [1.807, 2.05) is 25.1 Å². The maximum absolute atomic E-state index is 5.76. The number of nitrogens with two attached hydrogens (primary N) is 1. The van der Waals surface area contributed by atoms with E-state index in [1.54, 1.807) is 0 Å². The number of hydrogen-bond acceptors (Lipinski definition) is 3. The third-order valence-corrected chi connectivity index (χ3v) is 5.02. The molecule has 2 atom stereocenters. The molecule has 1 saturated carbocycles. The lowest BCUT2D eigenvalue weighted by Crippen LogP contribution is -2.58. The predicted molar refractivity (Wildman–Crippen MR) is 91.3 cm³/mol. The van der Waals surface area contributed by atoms with Crippen molar-refractivity contribution in [1.29, 1.82) is 0 Å². The van der Waals surface area contributed by atoms with Crippen molar-refractivity contribution in [2.24, 2.45) is 11.1 Å². The molecule has 0 spiro atoms. The molecule has 5 heteroatoms. The number of thiocarbonyl (C=S) groups is 1. The summed E-state index contributed by atoms with van der Waals surface area (Å²) < 4.78 is 6.74. The molecule has 20 heavy (non-hydrogen) atoms. The van der Waals surface area contributed by atoms with E-state index in [-0.39, 0.29) is 5.41 Å². The summed E-state index contributed by atoms with van der Waals surface area (Å²) in [5.41, 5.74) is 7.72. The van der Waals surface area contributed by atoms with Crippen LogP contribution in [0.5, 0.6) is 0 Å². The van der Waals surface area contributed by atoms with Crippen molar-refractivity contribution in [1.82, 2.24) is 0 Å². The lowest BCUT2D eigenvalue weighted by atomic mass is 9.64. The van der Waals surface area contributed by atoms with Gasteiger partial charge in [0.2, 0.25) is 0 Å². The molecule has 110 valence electrons. The Morgan fingerprint density at radius 1 is 1.55 bits per heavy atom. The summed E-state index contributed by atoms with van der Waals surface area (Å²) in [5, 5.41) is 3.58. The van der Waals surface area contributed by atoms with Crippen LogP contribution in [0.1, 0.15) is 32.8 Å². The summed E-state index contributed by atoms with van der Waals surface area (Å²) in [4.78, 5) is 0.414. The van der Waals surface area contributed by atoms with Gasteiger partial charge in [-0.15, -0.1) is 0 Å². The van der Waals surface area contributed by atoms with Crippen LogP contribution in [0.4, 0.5) is 5.69 Å². The van der Waals surface area contributed by atoms with Crippen LogP contribution >= 0.6 is 28.1 Å². The van der Waals surface area contributed by atoms with Crippen molar-refractivity contribution in [2.75, 3.05) is 11.9 Å². The number of ether oxygens (including phenoxy) is 1. The molecule has 0 saturated heterocycles. The average molecular weight is 357 g/mol. The van der Waals surface area contributed by atoms with Crippen LogP contribution < -0.4 is 11.1 Å². The monoisotopic (exact) mass is 356 g/mol. The Morgan fingerprint density at radius 3 is 2.75 bits per heavy atom. The van der Waals surface area contributed by atoms with Gasteiger partial charge in [0, 0.05) is 33.8 Å². The maximum atomic E-state index is 5.76. The van der Waals surface area contributed by atoms with Gasteiger partial charge in [0.25, 0.3) is 0 Å². The van der Waals surface area contributed by atoms with E-state index in [9.17, 15) is 0 Å². The number of benzene rings is 1. The number of halogens is 1. The van der Waals surface area contributed by atoms with Crippen LogP contribution in [-0.4, -0.2) is 23.7 Å². The van der Waals surface area contributed by atoms with Crippen molar-refractivity contribution < 1.29 is 4.74 Å². The van der Waals surface area contributed by atoms with Gasteiger partial charge in [0.15, 0.2) is 0 Å². The van der Waals surface area contributed by atoms with Crippen LogP contribution in [0.2, 0.25) is 0 Å². The molecule has 1 aromatic carbocycles. The lowest BCUT2D eigenvalue weighted by molar-refractivity contribution is -0.0976. The summed E-state index contributed by atoms with van der Waals surface area (Å²) in [5.74, 6) is 0. The van der Waals surface area contributed by atoms with Crippen LogP contribution in [0.25, 0.3) is 0 Å². The van der Waals surface area contributed by atoms with E-state index >= 15 is 0 Å². The number of anilines is 1. The van der Waals surface area contributed by atoms with Gasteiger partial charge in [-0.05, 0) is 47.5 Å². The minimum atomic E-state index is 0.136. The van der Waals surface area contributed by atoms with E-state index in [1.165, 1.54) is 0 Å². The highest BCUT2D eigenvalue weighted by Crippen LogP contribution is 2.45. The molecule has 0 amide bonds. The Kier molecular flexibility index (Phi) is 4.72. The molecule has 0 aliphatic heterocycles. The Labute approximate surface area is 134 Å². The first-order valence-electron chi connectivity index (χ1n) is 6.83. The van der Waals surface area contributed by atoms with Crippen molar-refractivity contribution in [3.8, 4) is 0 Å². The van der Waals surface area contributed by atoms with E-state index in [4.69, 9.17) is 22.7 Å². The molecular formula is C15H21BrN2OS. The number of rotatable bonds is 5. The highest BCUT2D eigenvalue weighted by atomic mass is 79.9. The van der Waals surface area contributed by atoms with E-state index < -0.39 is 0 Å². The van der Waals surface area contributed by atoms with Crippen LogP contribution in [0.15, 0.2) is 22.7 Å². The fourth-order valence-corrected chi connectivity index (χ4v) is 3.21. The molecule has 3 N–H and O–H groups in total. The topological polar surface area (TPSA) is 47.3 Å². The molecule has 1 aliphatic carbocycles. The lowest BCUT2D eigenvalue weighted by Gasteiger charge is -2.52. The van der Waals surface area contributed by atoms with Crippen molar-refractivity contribution in [2.45, 2.75) is 39.3 Å². The number of hydrogen-bond donors (Lipinski definition) is 2. The second kappa shape index (κ2) is 6.00. The second-order valence-electron chi connectivity index (χ2n) is 5.76. The third-order valence-electron chi connectivity index (χ3n) is 4.13. The fourth-order valence-electron chi connectivity index (χ4n) is 2.59. The van der Waals surface area contributed by atoms with Gasteiger partial charge in [-0.1, -0.05) is 26.1 Å². The molecule has 1 aliphatic rings. The normalized spacial score (nSPS) is 24.0. The van der Waals surface area contributed by atoms with E-state index in [0.717, 1.165) is 28.8 Å². The zero-order valence-corrected chi connectivity index (χ0v) is 14.5. The molecule has 1 aromatic rings. The molecule has 2 rings (SSSR count). The van der Waals surface area contributed by atoms with Crippen molar-refractivity contribution in [3.63, 3.8) is 0 Å². The first-order chi connectivity index (χ1) is 9.36. The first kappa shape index (κ1) is 15.7. The quantitative estimate of drug-likeness (QED) is 0.789. The van der Waals surface area contributed by atoms with Gasteiger partial charge in [-0.25, -0.2) is 0 Å². The molecule has 0 radical (unpaired) electrons. The Morgan fingerprint density at radius 2 is 2.25 bits per heavy atom. The summed E-state index contributed by atoms with van der Waals surface area (Å²) in [6.45, 7) is 7.30. The van der Waals surface area contributed by atoms with E-state index in [0.29, 0.717) is 17.1 Å². The van der Waals surface area contributed by atoms with Crippen molar-refractivity contribution in [3.05, 3.63) is 28.2 Å². The molecule has 0 aromatic heterocycles. The van der Waals surface area contributed by atoms with Crippen LogP contribution in [0, 0.1) is 5.41 Å². The molecule has 3 nitrogen and oxygen atoms in total. The smallest absolute Gasteiger partial charge is 0.104 e. The van der Waals surface area contributed by atoms with Gasteiger partial charge < -0.3 is 15.8 Å². The minimum Gasteiger partial charge on any atom is -0.389 e. The van der Waals surface area contributed by atoms with Crippen molar-refractivity contribution >= 4 is 38.8 Å². The zero-order chi connectivity index (χ0) is 14.9. The largest absolute Gasteiger partial charge is 0.389 e. The Bertz CT molecular complexity index is 519. The minimum absolute atomic E-state index is 0.136. The summed E-state index contributed by atoms with van der Waals surface area (Å²) in [6.07, 6.45) is 1.37. The highest BCUT2D eigenvalue weighted by Gasteiger charge is 2.48.